The van der Waals surface area contributed by atoms with E-state index in [0.29, 0.717) is 15.0 Å². The molecule has 3 heteroatoms. The van der Waals surface area contributed by atoms with Crippen LogP contribution in [-0.2, 0) is 0 Å². The molecule has 0 aliphatic rings. The van der Waals surface area contributed by atoms with E-state index in [0.717, 1.165) is 16.6 Å². The van der Waals surface area contributed by atoms with E-state index in [1.165, 1.54) is 4.46 Å². The summed E-state index contributed by atoms with van der Waals surface area (Å²) in [7, 11) is 0. The summed E-state index contributed by atoms with van der Waals surface area (Å²) >= 11 is 0.304. The van der Waals surface area contributed by atoms with Gasteiger partial charge in [0.25, 0.3) is 0 Å². The SMILES string of the molecule is O/N=C(\C[Se]c1ccccc1)c1ccccc1. The first kappa shape index (κ1) is 11.9. The first-order chi connectivity index (χ1) is 8.40. The number of benzene rings is 2. The van der Waals surface area contributed by atoms with Gasteiger partial charge in [0.05, 0.1) is 0 Å². The Kier molecular flexibility index (Phi) is 4.37. The quantitative estimate of drug-likeness (QED) is 0.398. The summed E-state index contributed by atoms with van der Waals surface area (Å²) in [5, 5.41) is 13.3. The van der Waals surface area contributed by atoms with E-state index < -0.39 is 0 Å². The van der Waals surface area contributed by atoms with E-state index in [-0.39, 0.29) is 0 Å². The van der Waals surface area contributed by atoms with Crippen LogP contribution in [0, 0.1) is 0 Å². The Balaban J connectivity index is 2.03. The first-order valence-electron chi connectivity index (χ1n) is 5.34. The summed E-state index contributed by atoms with van der Waals surface area (Å²) in [5.74, 6) is 0. The van der Waals surface area contributed by atoms with Gasteiger partial charge in [0.2, 0.25) is 0 Å². The van der Waals surface area contributed by atoms with E-state index in [2.05, 4.69) is 17.3 Å². The van der Waals surface area contributed by atoms with Crippen molar-refractivity contribution in [1.82, 2.24) is 0 Å². The standard InChI is InChI=1S/C14H13NOSe/c16-15-14(12-7-3-1-4-8-12)11-17-13-9-5-2-6-10-13/h1-10,16H,11H2/b15-14+. The van der Waals surface area contributed by atoms with Crippen LogP contribution in [0.5, 0.6) is 0 Å². The minimum absolute atomic E-state index is 0.304. The molecule has 0 spiro atoms. The second-order valence-electron chi connectivity index (χ2n) is 3.51. The molecule has 17 heavy (non-hydrogen) atoms. The molecule has 2 aromatic rings. The predicted octanol–water partition coefficient (Wildman–Crippen LogP) is 2.31. The second-order valence-corrected chi connectivity index (χ2v) is 5.71. The monoisotopic (exact) mass is 291 g/mol. The van der Waals surface area contributed by atoms with E-state index in [1.807, 2.05) is 48.5 Å². The summed E-state index contributed by atoms with van der Waals surface area (Å²) in [6, 6.07) is 20.1. The third-order valence-electron chi connectivity index (χ3n) is 2.35. The fourth-order valence-electron chi connectivity index (χ4n) is 1.47. The second kappa shape index (κ2) is 6.24. The number of rotatable bonds is 4. The Morgan fingerprint density at radius 2 is 1.53 bits per heavy atom. The molecule has 0 saturated heterocycles. The van der Waals surface area contributed by atoms with Crippen LogP contribution < -0.4 is 4.46 Å². The van der Waals surface area contributed by atoms with Crippen molar-refractivity contribution in [3.63, 3.8) is 0 Å². The molecule has 2 aromatic carbocycles. The van der Waals surface area contributed by atoms with Crippen LogP contribution in [0.1, 0.15) is 5.56 Å². The molecule has 2 rings (SSSR count). The Labute approximate surface area is 107 Å². The summed E-state index contributed by atoms with van der Waals surface area (Å²) in [6.45, 7) is 0. The molecule has 0 aliphatic heterocycles. The van der Waals surface area contributed by atoms with Crippen LogP contribution in [0.3, 0.4) is 0 Å². The molecule has 0 aromatic heterocycles. The van der Waals surface area contributed by atoms with E-state index in [9.17, 15) is 0 Å². The fraction of sp³-hybridized carbons (Fsp3) is 0.0714. The zero-order chi connectivity index (χ0) is 11.9. The van der Waals surface area contributed by atoms with Gasteiger partial charge in [-0.05, 0) is 0 Å². The van der Waals surface area contributed by atoms with Crippen LogP contribution >= 0.6 is 0 Å². The van der Waals surface area contributed by atoms with Crippen molar-refractivity contribution in [3.05, 3.63) is 66.2 Å². The van der Waals surface area contributed by atoms with Gasteiger partial charge >= 0.3 is 107 Å². The molecule has 0 fully saturated rings. The van der Waals surface area contributed by atoms with Crippen molar-refractivity contribution >= 4 is 25.1 Å². The number of nitrogens with zero attached hydrogens (tertiary/aromatic N) is 1. The van der Waals surface area contributed by atoms with Crippen molar-refractivity contribution < 1.29 is 5.21 Å². The van der Waals surface area contributed by atoms with Crippen molar-refractivity contribution in [2.75, 3.05) is 0 Å². The fourth-order valence-corrected chi connectivity index (χ4v) is 3.31. The first-order valence-corrected chi connectivity index (χ1v) is 7.41. The Hall–Kier alpha value is -1.57. The van der Waals surface area contributed by atoms with Crippen LogP contribution in [0.4, 0.5) is 0 Å². The summed E-state index contributed by atoms with van der Waals surface area (Å²) < 4.78 is 1.32. The normalized spacial score (nSPS) is 11.4. The van der Waals surface area contributed by atoms with Crippen molar-refractivity contribution in [1.29, 1.82) is 0 Å². The minimum atomic E-state index is 0.304. The maximum atomic E-state index is 9.06. The third kappa shape index (κ3) is 3.45. The van der Waals surface area contributed by atoms with Gasteiger partial charge in [-0.3, -0.25) is 0 Å². The van der Waals surface area contributed by atoms with E-state index in [4.69, 9.17) is 5.21 Å². The zero-order valence-corrected chi connectivity index (χ0v) is 11.0. The molecule has 0 heterocycles. The predicted molar refractivity (Wildman–Crippen MR) is 71.4 cm³/mol. The molecule has 0 unspecified atom stereocenters. The number of oxime groups is 1. The van der Waals surface area contributed by atoms with Gasteiger partial charge in [0, 0.05) is 0 Å². The van der Waals surface area contributed by atoms with Crippen LogP contribution in [-0.4, -0.2) is 25.9 Å². The Morgan fingerprint density at radius 1 is 0.941 bits per heavy atom. The third-order valence-corrected chi connectivity index (χ3v) is 4.49. The molecular formula is C14H13NOSe. The van der Waals surface area contributed by atoms with E-state index >= 15 is 0 Å². The van der Waals surface area contributed by atoms with Gasteiger partial charge in [0.1, 0.15) is 0 Å². The molecule has 1 N–H and O–H groups in total. The number of hydrogen-bond acceptors (Lipinski definition) is 2. The van der Waals surface area contributed by atoms with Gasteiger partial charge in [-0.2, -0.15) is 0 Å². The van der Waals surface area contributed by atoms with Crippen molar-refractivity contribution in [2.45, 2.75) is 5.32 Å². The van der Waals surface area contributed by atoms with Gasteiger partial charge in [-0.1, -0.05) is 0 Å². The molecule has 0 bridgehead atoms. The van der Waals surface area contributed by atoms with Crippen LogP contribution in [0.2, 0.25) is 5.32 Å². The maximum absolute atomic E-state index is 9.06. The van der Waals surface area contributed by atoms with Crippen molar-refractivity contribution in [3.8, 4) is 0 Å². The summed E-state index contributed by atoms with van der Waals surface area (Å²) in [5.41, 5.74) is 1.75. The van der Waals surface area contributed by atoms with Gasteiger partial charge in [-0.25, -0.2) is 0 Å². The Bertz CT molecular complexity index is 482. The summed E-state index contributed by atoms with van der Waals surface area (Å²) in [6.07, 6.45) is 0. The van der Waals surface area contributed by atoms with Crippen LogP contribution in [0.25, 0.3) is 0 Å². The number of hydrogen-bond donors (Lipinski definition) is 1. The van der Waals surface area contributed by atoms with Gasteiger partial charge in [-0.15, -0.1) is 0 Å². The zero-order valence-electron chi connectivity index (χ0n) is 9.28. The van der Waals surface area contributed by atoms with Crippen molar-refractivity contribution in [2.24, 2.45) is 5.16 Å². The molecule has 0 atom stereocenters. The van der Waals surface area contributed by atoms with Crippen LogP contribution in [0.15, 0.2) is 65.8 Å². The molecule has 0 saturated carbocycles. The molecule has 2 nitrogen and oxygen atoms in total. The molecule has 0 radical (unpaired) electrons. The topological polar surface area (TPSA) is 32.6 Å². The van der Waals surface area contributed by atoms with E-state index in [1.54, 1.807) is 0 Å². The molecule has 86 valence electrons. The average molecular weight is 290 g/mol. The average Bonchev–Trinajstić information content (AvgIpc) is 2.42. The van der Waals surface area contributed by atoms with Gasteiger partial charge in [0.15, 0.2) is 0 Å². The molecule has 0 aliphatic carbocycles. The summed E-state index contributed by atoms with van der Waals surface area (Å²) in [4.78, 5) is 0. The van der Waals surface area contributed by atoms with Gasteiger partial charge < -0.3 is 0 Å². The Morgan fingerprint density at radius 3 is 2.12 bits per heavy atom. The molecule has 0 amide bonds. The molecular weight excluding hydrogens is 277 g/mol.